The number of fused-ring (bicyclic) bond motifs is 1. The molecule has 0 spiro atoms. The van der Waals surface area contributed by atoms with E-state index in [-0.39, 0.29) is 16.3 Å². The van der Waals surface area contributed by atoms with Crippen molar-refractivity contribution in [3.05, 3.63) is 70.7 Å². The summed E-state index contributed by atoms with van der Waals surface area (Å²) in [5.41, 5.74) is 5.89. The van der Waals surface area contributed by atoms with Gasteiger partial charge in [-0.05, 0) is 74.7 Å². The summed E-state index contributed by atoms with van der Waals surface area (Å²) < 4.78 is 35.4. The van der Waals surface area contributed by atoms with Gasteiger partial charge in [-0.15, -0.1) is 0 Å². The molecular formula is C28H33N5O4S. The fraction of sp³-hybridized carbons (Fsp3) is 0.321. The van der Waals surface area contributed by atoms with Crippen LogP contribution in [-0.2, 0) is 10.0 Å². The van der Waals surface area contributed by atoms with Crippen LogP contribution in [0.5, 0.6) is 5.75 Å². The van der Waals surface area contributed by atoms with Crippen LogP contribution >= 0.6 is 0 Å². The number of aromatic nitrogens is 3. The Balaban J connectivity index is 1.95. The van der Waals surface area contributed by atoms with Crippen LogP contribution in [0, 0.1) is 27.7 Å². The Kier molecular flexibility index (Phi) is 7.57. The number of ether oxygens (including phenoxy) is 1. The molecule has 0 aliphatic heterocycles. The number of hydrogen-bond acceptors (Lipinski definition) is 6. The molecule has 2 heterocycles. The standard InChI is InChI=1S/C28H33N5O4S/c1-8-32(9-2)38(35,36)24-16-21(11-13-23(24)37-7)25-26(31-33-20(6)15-19(5)29-27(25)33)28(34)30-22-12-10-17(3)18(4)14-22/h10-16H,8-9H2,1-7H3,(H,30,34). The van der Waals surface area contributed by atoms with Gasteiger partial charge in [-0.3, -0.25) is 4.79 Å². The van der Waals surface area contributed by atoms with Gasteiger partial charge in [-0.1, -0.05) is 26.0 Å². The molecule has 9 nitrogen and oxygen atoms in total. The Morgan fingerprint density at radius 3 is 2.34 bits per heavy atom. The zero-order valence-electron chi connectivity index (χ0n) is 22.8. The summed E-state index contributed by atoms with van der Waals surface area (Å²) in [6, 6.07) is 12.4. The van der Waals surface area contributed by atoms with E-state index in [0.717, 1.165) is 22.5 Å². The predicted octanol–water partition coefficient (Wildman–Crippen LogP) is 4.92. The molecule has 0 atom stereocenters. The molecule has 1 N–H and O–H groups in total. The van der Waals surface area contributed by atoms with E-state index in [2.05, 4.69) is 15.4 Å². The Morgan fingerprint density at radius 1 is 1.00 bits per heavy atom. The highest BCUT2D eigenvalue weighted by Gasteiger charge is 2.29. The van der Waals surface area contributed by atoms with E-state index < -0.39 is 15.9 Å². The van der Waals surface area contributed by atoms with Gasteiger partial charge in [0.25, 0.3) is 5.91 Å². The highest BCUT2D eigenvalue weighted by molar-refractivity contribution is 7.89. The number of anilines is 1. The molecule has 0 unspecified atom stereocenters. The van der Waals surface area contributed by atoms with Gasteiger partial charge in [0.2, 0.25) is 10.0 Å². The lowest BCUT2D eigenvalue weighted by atomic mass is 10.0. The number of nitrogens with zero attached hydrogens (tertiary/aromatic N) is 4. The molecule has 0 radical (unpaired) electrons. The van der Waals surface area contributed by atoms with Gasteiger partial charge in [0, 0.05) is 30.2 Å². The first-order valence-electron chi connectivity index (χ1n) is 12.5. The molecule has 0 saturated carbocycles. The lowest BCUT2D eigenvalue weighted by molar-refractivity contribution is 0.102. The normalized spacial score (nSPS) is 11.8. The van der Waals surface area contributed by atoms with Gasteiger partial charge < -0.3 is 10.1 Å². The quantitative estimate of drug-likeness (QED) is 0.343. The second-order valence-corrected chi connectivity index (χ2v) is 11.1. The second-order valence-electron chi connectivity index (χ2n) is 9.21. The van der Waals surface area contributed by atoms with E-state index in [1.54, 1.807) is 30.5 Å². The first-order valence-corrected chi connectivity index (χ1v) is 13.9. The summed E-state index contributed by atoms with van der Waals surface area (Å²) in [6.07, 6.45) is 0. The fourth-order valence-electron chi connectivity index (χ4n) is 4.49. The molecule has 0 aliphatic carbocycles. The Hall–Kier alpha value is -3.76. The minimum atomic E-state index is -3.86. The van der Waals surface area contributed by atoms with Gasteiger partial charge in [0.1, 0.15) is 10.6 Å². The van der Waals surface area contributed by atoms with Crippen LogP contribution in [0.25, 0.3) is 16.8 Å². The maximum absolute atomic E-state index is 13.6. The topological polar surface area (TPSA) is 106 Å². The van der Waals surface area contributed by atoms with Crippen molar-refractivity contribution in [2.24, 2.45) is 0 Å². The lowest BCUT2D eigenvalue weighted by Crippen LogP contribution is -2.30. The van der Waals surface area contributed by atoms with Crippen molar-refractivity contribution in [2.75, 3.05) is 25.5 Å². The van der Waals surface area contributed by atoms with E-state index >= 15 is 0 Å². The fourth-order valence-corrected chi connectivity index (χ4v) is 6.13. The third kappa shape index (κ3) is 4.89. The molecule has 10 heteroatoms. The molecule has 2 aromatic carbocycles. The molecule has 0 saturated heterocycles. The number of methoxy groups -OCH3 is 1. The van der Waals surface area contributed by atoms with E-state index in [1.807, 2.05) is 52.0 Å². The molecule has 1 amide bonds. The van der Waals surface area contributed by atoms with Crippen LogP contribution in [0.4, 0.5) is 5.69 Å². The largest absolute Gasteiger partial charge is 0.495 e. The summed E-state index contributed by atoms with van der Waals surface area (Å²) in [5, 5.41) is 7.56. The molecule has 4 rings (SSSR count). The third-order valence-corrected chi connectivity index (χ3v) is 8.72. The second kappa shape index (κ2) is 10.5. The maximum atomic E-state index is 13.6. The summed E-state index contributed by atoms with van der Waals surface area (Å²) in [7, 11) is -2.42. The van der Waals surface area contributed by atoms with Crippen LogP contribution in [0.1, 0.15) is 46.9 Å². The average molecular weight is 536 g/mol. The van der Waals surface area contributed by atoms with E-state index in [4.69, 9.17) is 4.74 Å². The molecular weight excluding hydrogens is 502 g/mol. The van der Waals surface area contributed by atoms with Crippen molar-refractivity contribution < 1.29 is 17.9 Å². The van der Waals surface area contributed by atoms with Crippen molar-refractivity contribution in [1.82, 2.24) is 18.9 Å². The first kappa shape index (κ1) is 27.3. The number of nitrogens with one attached hydrogen (secondary N) is 1. The number of aryl methyl sites for hydroxylation is 4. The van der Waals surface area contributed by atoms with Crippen molar-refractivity contribution in [1.29, 1.82) is 0 Å². The van der Waals surface area contributed by atoms with Crippen molar-refractivity contribution in [3.63, 3.8) is 0 Å². The Labute approximate surface area is 223 Å². The van der Waals surface area contributed by atoms with Crippen LogP contribution in [-0.4, -0.2) is 53.4 Å². The zero-order valence-corrected chi connectivity index (χ0v) is 23.6. The highest BCUT2D eigenvalue weighted by Crippen LogP contribution is 2.35. The van der Waals surface area contributed by atoms with Crippen molar-refractivity contribution >= 4 is 27.3 Å². The van der Waals surface area contributed by atoms with Crippen LogP contribution in [0.3, 0.4) is 0 Å². The summed E-state index contributed by atoms with van der Waals surface area (Å²) in [4.78, 5) is 18.3. The van der Waals surface area contributed by atoms with Crippen LogP contribution in [0.2, 0.25) is 0 Å². The van der Waals surface area contributed by atoms with Crippen molar-refractivity contribution in [3.8, 4) is 16.9 Å². The molecule has 200 valence electrons. The van der Waals surface area contributed by atoms with Gasteiger partial charge in [0.15, 0.2) is 11.3 Å². The molecule has 0 aliphatic rings. The average Bonchev–Trinajstić information content (AvgIpc) is 3.26. The van der Waals surface area contributed by atoms with Crippen LogP contribution < -0.4 is 10.1 Å². The molecule has 38 heavy (non-hydrogen) atoms. The van der Waals surface area contributed by atoms with Gasteiger partial charge in [0.05, 0.1) is 12.7 Å². The lowest BCUT2D eigenvalue weighted by Gasteiger charge is -2.20. The SMILES string of the molecule is CCN(CC)S(=O)(=O)c1cc(-c2c(C(=O)Nc3ccc(C)c(C)c3)nn3c(C)cc(C)nc23)ccc1OC. The third-order valence-electron chi connectivity index (χ3n) is 6.65. The zero-order chi connectivity index (χ0) is 27.8. The molecule has 4 aromatic rings. The number of hydrogen-bond donors (Lipinski definition) is 1. The van der Waals surface area contributed by atoms with E-state index in [9.17, 15) is 13.2 Å². The number of amides is 1. The minimum absolute atomic E-state index is 0.0189. The highest BCUT2D eigenvalue weighted by atomic mass is 32.2. The Morgan fingerprint density at radius 2 is 1.71 bits per heavy atom. The number of carbonyl (C=O) groups excluding carboxylic acids is 1. The Bertz CT molecular complexity index is 1640. The van der Waals surface area contributed by atoms with E-state index in [0.29, 0.717) is 35.6 Å². The molecule has 0 bridgehead atoms. The maximum Gasteiger partial charge on any atom is 0.276 e. The van der Waals surface area contributed by atoms with Gasteiger partial charge in [-0.25, -0.2) is 17.9 Å². The number of carbonyl (C=O) groups is 1. The summed E-state index contributed by atoms with van der Waals surface area (Å²) >= 11 is 0. The smallest absolute Gasteiger partial charge is 0.276 e. The molecule has 2 aromatic heterocycles. The van der Waals surface area contributed by atoms with E-state index in [1.165, 1.54) is 17.5 Å². The van der Waals surface area contributed by atoms with Crippen LogP contribution in [0.15, 0.2) is 47.4 Å². The first-order chi connectivity index (χ1) is 18.0. The van der Waals surface area contributed by atoms with Gasteiger partial charge >= 0.3 is 0 Å². The minimum Gasteiger partial charge on any atom is -0.495 e. The number of sulfonamides is 1. The predicted molar refractivity (Wildman–Crippen MR) is 148 cm³/mol. The van der Waals surface area contributed by atoms with Gasteiger partial charge in [-0.2, -0.15) is 9.40 Å². The number of rotatable bonds is 8. The summed E-state index contributed by atoms with van der Waals surface area (Å²) in [6.45, 7) is 11.9. The monoisotopic (exact) mass is 535 g/mol. The van der Waals surface area contributed by atoms with Crippen molar-refractivity contribution in [2.45, 2.75) is 46.4 Å². The molecule has 0 fully saturated rings. The summed E-state index contributed by atoms with van der Waals surface area (Å²) in [5.74, 6) is -0.201. The number of benzene rings is 2.